The number of ether oxygens (including phenoxy) is 1. The van der Waals surface area contributed by atoms with E-state index in [4.69, 9.17) is 4.74 Å². The molecule has 0 fully saturated rings. The van der Waals surface area contributed by atoms with E-state index in [1.54, 1.807) is 0 Å². The third kappa shape index (κ3) is 5.14. The van der Waals surface area contributed by atoms with E-state index >= 15 is 0 Å². The van der Waals surface area contributed by atoms with Crippen LogP contribution < -0.4 is 9.64 Å². The molecule has 0 aliphatic rings. The first-order valence-corrected chi connectivity index (χ1v) is 7.71. The zero-order valence-corrected chi connectivity index (χ0v) is 13.0. The maximum Gasteiger partial charge on any atom is 0.124 e. The second-order valence-electron chi connectivity index (χ2n) is 5.03. The first-order chi connectivity index (χ1) is 9.22. The molecule has 19 heavy (non-hydrogen) atoms. The minimum Gasteiger partial charge on any atom is -0.493 e. The van der Waals surface area contributed by atoms with Gasteiger partial charge in [0, 0.05) is 24.8 Å². The van der Waals surface area contributed by atoms with Gasteiger partial charge in [0.15, 0.2) is 0 Å². The number of nitrogens with zero attached hydrogens (tertiary/aromatic N) is 1. The fraction of sp³-hybridized carbons (Fsp3) is 0.647. The summed E-state index contributed by atoms with van der Waals surface area (Å²) in [6.07, 6.45) is 5.01. The predicted octanol–water partition coefficient (Wildman–Crippen LogP) is 4.80. The van der Waals surface area contributed by atoms with Crippen molar-refractivity contribution in [2.45, 2.75) is 53.4 Å². The van der Waals surface area contributed by atoms with Gasteiger partial charge < -0.3 is 9.64 Å². The summed E-state index contributed by atoms with van der Waals surface area (Å²) in [5.41, 5.74) is 2.49. The van der Waals surface area contributed by atoms with E-state index in [1.165, 1.54) is 30.5 Å². The number of aryl methyl sites for hydroxylation is 1. The molecule has 1 rings (SSSR count). The van der Waals surface area contributed by atoms with Gasteiger partial charge in [-0.2, -0.15) is 0 Å². The second-order valence-corrected chi connectivity index (χ2v) is 5.03. The van der Waals surface area contributed by atoms with Crippen LogP contribution in [0.3, 0.4) is 0 Å². The summed E-state index contributed by atoms with van der Waals surface area (Å²) in [6, 6.07) is 6.53. The molecule has 0 amide bonds. The minimum atomic E-state index is 0.836. The first kappa shape index (κ1) is 15.9. The summed E-state index contributed by atoms with van der Waals surface area (Å²) in [4.78, 5) is 2.35. The Morgan fingerprint density at radius 1 is 1.00 bits per heavy atom. The molecule has 0 heterocycles. The molecule has 1 aromatic carbocycles. The lowest BCUT2D eigenvalue weighted by molar-refractivity contribution is 0.303. The van der Waals surface area contributed by atoms with Gasteiger partial charge in [-0.1, -0.05) is 32.3 Å². The van der Waals surface area contributed by atoms with Crippen LogP contribution in [0, 0.1) is 6.92 Å². The van der Waals surface area contributed by atoms with Crippen molar-refractivity contribution in [3.63, 3.8) is 0 Å². The van der Waals surface area contributed by atoms with Crippen LogP contribution in [0.25, 0.3) is 0 Å². The molecule has 0 atom stereocenters. The van der Waals surface area contributed by atoms with Crippen molar-refractivity contribution in [1.82, 2.24) is 0 Å². The lowest BCUT2D eigenvalue weighted by atomic mass is 10.2. The smallest absolute Gasteiger partial charge is 0.124 e. The zero-order valence-electron chi connectivity index (χ0n) is 13.0. The van der Waals surface area contributed by atoms with Crippen LogP contribution in [0.4, 0.5) is 5.69 Å². The number of hydrogen-bond donors (Lipinski definition) is 0. The highest BCUT2D eigenvalue weighted by Crippen LogP contribution is 2.25. The van der Waals surface area contributed by atoms with E-state index in [9.17, 15) is 0 Å². The van der Waals surface area contributed by atoms with Crippen molar-refractivity contribution in [3.05, 3.63) is 23.8 Å². The van der Waals surface area contributed by atoms with Gasteiger partial charge in [-0.25, -0.2) is 0 Å². The minimum absolute atomic E-state index is 0.836. The highest BCUT2D eigenvalue weighted by molar-refractivity contribution is 5.53. The highest BCUT2D eigenvalue weighted by atomic mass is 16.5. The maximum atomic E-state index is 5.94. The van der Waals surface area contributed by atoms with Gasteiger partial charge in [0.05, 0.1) is 6.61 Å². The average molecular weight is 263 g/mol. The fourth-order valence-electron chi connectivity index (χ4n) is 2.24. The molecule has 2 nitrogen and oxygen atoms in total. The molecule has 2 heteroatoms. The molecule has 0 aliphatic carbocycles. The molecule has 0 N–H and O–H groups in total. The van der Waals surface area contributed by atoms with E-state index < -0.39 is 0 Å². The van der Waals surface area contributed by atoms with Crippen molar-refractivity contribution >= 4 is 5.69 Å². The molecule has 0 spiro atoms. The summed E-state index contributed by atoms with van der Waals surface area (Å²) >= 11 is 0. The molecule has 0 saturated carbocycles. The Hall–Kier alpha value is -1.18. The van der Waals surface area contributed by atoms with E-state index in [1.807, 2.05) is 0 Å². The van der Waals surface area contributed by atoms with Gasteiger partial charge in [-0.15, -0.1) is 0 Å². The van der Waals surface area contributed by atoms with E-state index in [0.29, 0.717) is 0 Å². The van der Waals surface area contributed by atoms with Gasteiger partial charge in [0.1, 0.15) is 5.75 Å². The maximum absolute atomic E-state index is 5.94. The molecular weight excluding hydrogens is 234 g/mol. The van der Waals surface area contributed by atoms with E-state index in [2.05, 4.69) is 50.8 Å². The Balaban J connectivity index is 2.59. The van der Waals surface area contributed by atoms with Gasteiger partial charge in [-0.3, -0.25) is 0 Å². The molecule has 0 aromatic heterocycles. The molecule has 1 aromatic rings. The third-order valence-corrected chi connectivity index (χ3v) is 3.56. The van der Waals surface area contributed by atoms with Crippen molar-refractivity contribution in [2.75, 3.05) is 24.6 Å². The molecule has 0 radical (unpaired) electrons. The molecule has 0 saturated heterocycles. The Morgan fingerprint density at radius 3 is 2.37 bits per heavy atom. The van der Waals surface area contributed by atoms with Gasteiger partial charge in [0.25, 0.3) is 0 Å². The van der Waals surface area contributed by atoms with Gasteiger partial charge in [-0.05, 0) is 38.8 Å². The summed E-state index contributed by atoms with van der Waals surface area (Å²) in [5.74, 6) is 1.04. The third-order valence-electron chi connectivity index (χ3n) is 3.56. The van der Waals surface area contributed by atoms with Crippen LogP contribution in [-0.4, -0.2) is 19.7 Å². The number of anilines is 1. The first-order valence-electron chi connectivity index (χ1n) is 7.71. The lowest BCUT2D eigenvalue weighted by Crippen LogP contribution is -2.21. The Morgan fingerprint density at radius 2 is 1.74 bits per heavy atom. The van der Waals surface area contributed by atoms with Crippen LogP contribution in [0.5, 0.6) is 5.75 Å². The normalized spacial score (nSPS) is 10.5. The molecule has 108 valence electrons. The Kier molecular flexibility index (Phi) is 7.39. The quantitative estimate of drug-likeness (QED) is 0.593. The number of unbranched alkanes of at least 4 members (excludes halogenated alkanes) is 3. The van der Waals surface area contributed by atoms with E-state index in [-0.39, 0.29) is 0 Å². The summed E-state index contributed by atoms with van der Waals surface area (Å²) in [7, 11) is 0. The van der Waals surface area contributed by atoms with Crippen molar-refractivity contribution in [3.8, 4) is 5.75 Å². The SMILES string of the molecule is CCCCCCOc1cc(N(CC)CC)ccc1C. The van der Waals surface area contributed by atoms with Crippen molar-refractivity contribution in [2.24, 2.45) is 0 Å². The van der Waals surface area contributed by atoms with E-state index in [0.717, 1.165) is 31.9 Å². The zero-order chi connectivity index (χ0) is 14.1. The number of rotatable bonds is 9. The van der Waals surface area contributed by atoms with Crippen LogP contribution in [0.15, 0.2) is 18.2 Å². The summed E-state index contributed by atoms with van der Waals surface area (Å²) < 4.78 is 5.94. The summed E-state index contributed by atoms with van der Waals surface area (Å²) in [6.45, 7) is 11.6. The Labute approximate surface area is 118 Å². The van der Waals surface area contributed by atoms with Crippen LogP contribution in [0.1, 0.15) is 52.0 Å². The van der Waals surface area contributed by atoms with Crippen molar-refractivity contribution < 1.29 is 4.74 Å². The molecule has 0 aliphatic heterocycles. The van der Waals surface area contributed by atoms with Crippen molar-refractivity contribution in [1.29, 1.82) is 0 Å². The van der Waals surface area contributed by atoms with Gasteiger partial charge in [0.2, 0.25) is 0 Å². The fourth-order valence-corrected chi connectivity index (χ4v) is 2.24. The largest absolute Gasteiger partial charge is 0.493 e. The molecular formula is C17H29NO. The monoisotopic (exact) mass is 263 g/mol. The van der Waals surface area contributed by atoms with Gasteiger partial charge >= 0.3 is 0 Å². The Bertz CT molecular complexity index is 358. The lowest BCUT2D eigenvalue weighted by Gasteiger charge is -2.22. The average Bonchev–Trinajstić information content (AvgIpc) is 2.43. The number of hydrogen-bond acceptors (Lipinski definition) is 2. The van der Waals surface area contributed by atoms with Crippen LogP contribution in [-0.2, 0) is 0 Å². The second kappa shape index (κ2) is 8.84. The topological polar surface area (TPSA) is 12.5 Å². The predicted molar refractivity (Wildman–Crippen MR) is 84.4 cm³/mol. The molecule has 0 unspecified atom stereocenters. The highest BCUT2D eigenvalue weighted by Gasteiger charge is 2.06. The summed E-state index contributed by atoms with van der Waals surface area (Å²) in [5, 5.41) is 0. The standard InChI is InChI=1S/C17H29NO/c1-5-8-9-10-13-19-17-14-16(12-11-15(17)4)18(6-2)7-3/h11-12,14H,5-10,13H2,1-4H3. The van der Waals surface area contributed by atoms with Crippen LogP contribution >= 0.6 is 0 Å². The number of benzene rings is 1. The molecule has 0 bridgehead atoms. The van der Waals surface area contributed by atoms with Crippen LogP contribution in [0.2, 0.25) is 0 Å².